The standard InChI is InChI=1S/C16H23N/c1-14-9-10-16(12-14)13-17-11-5-8-15-6-3-2-4-7-15/h2-8,14,16-17H,9-13H2,1H3/b8-5+. The Morgan fingerprint density at radius 3 is 2.76 bits per heavy atom. The topological polar surface area (TPSA) is 12.0 Å². The number of hydrogen-bond acceptors (Lipinski definition) is 1. The fourth-order valence-electron chi connectivity index (χ4n) is 2.64. The summed E-state index contributed by atoms with van der Waals surface area (Å²) in [6.45, 7) is 4.54. The lowest BCUT2D eigenvalue weighted by molar-refractivity contribution is 0.483. The summed E-state index contributed by atoms with van der Waals surface area (Å²) < 4.78 is 0. The van der Waals surface area contributed by atoms with Crippen LogP contribution < -0.4 is 5.32 Å². The Morgan fingerprint density at radius 2 is 2.06 bits per heavy atom. The van der Waals surface area contributed by atoms with Gasteiger partial charge in [0.15, 0.2) is 0 Å². The molecule has 92 valence electrons. The van der Waals surface area contributed by atoms with E-state index in [9.17, 15) is 0 Å². The number of benzene rings is 1. The summed E-state index contributed by atoms with van der Waals surface area (Å²) in [6.07, 6.45) is 8.65. The van der Waals surface area contributed by atoms with E-state index in [-0.39, 0.29) is 0 Å². The van der Waals surface area contributed by atoms with Crippen molar-refractivity contribution in [2.45, 2.75) is 26.2 Å². The van der Waals surface area contributed by atoms with E-state index < -0.39 is 0 Å². The van der Waals surface area contributed by atoms with Gasteiger partial charge in [-0.15, -0.1) is 0 Å². The predicted octanol–water partition coefficient (Wildman–Crippen LogP) is 3.73. The second-order valence-corrected chi connectivity index (χ2v) is 5.26. The van der Waals surface area contributed by atoms with Crippen molar-refractivity contribution in [2.24, 2.45) is 11.8 Å². The van der Waals surface area contributed by atoms with Crippen molar-refractivity contribution < 1.29 is 0 Å². The molecule has 1 heteroatoms. The third-order valence-corrected chi connectivity index (χ3v) is 3.61. The van der Waals surface area contributed by atoms with Crippen LogP contribution >= 0.6 is 0 Å². The van der Waals surface area contributed by atoms with Crippen molar-refractivity contribution in [1.29, 1.82) is 0 Å². The Hall–Kier alpha value is -1.08. The minimum absolute atomic E-state index is 0.912. The van der Waals surface area contributed by atoms with Crippen LogP contribution in [0.3, 0.4) is 0 Å². The number of nitrogens with one attached hydrogen (secondary N) is 1. The minimum Gasteiger partial charge on any atom is -0.313 e. The first kappa shape index (κ1) is 12.4. The molecule has 2 unspecified atom stereocenters. The van der Waals surface area contributed by atoms with Crippen LogP contribution in [0, 0.1) is 11.8 Å². The molecule has 0 aliphatic heterocycles. The summed E-state index contributed by atoms with van der Waals surface area (Å²) in [5.74, 6) is 1.86. The van der Waals surface area contributed by atoms with Crippen molar-refractivity contribution in [3.63, 3.8) is 0 Å². The number of hydrogen-bond donors (Lipinski definition) is 1. The Labute approximate surface area is 105 Å². The molecule has 0 radical (unpaired) electrons. The van der Waals surface area contributed by atoms with Crippen molar-refractivity contribution in [3.05, 3.63) is 42.0 Å². The summed E-state index contributed by atoms with van der Waals surface area (Å²) in [4.78, 5) is 0. The minimum atomic E-state index is 0.912. The van der Waals surface area contributed by atoms with Gasteiger partial charge in [0, 0.05) is 6.54 Å². The zero-order valence-corrected chi connectivity index (χ0v) is 10.7. The molecule has 0 saturated heterocycles. The summed E-state index contributed by atoms with van der Waals surface area (Å²) in [7, 11) is 0. The molecule has 0 bridgehead atoms. The van der Waals surface area contributed by atoms with Crippen LogP contribution in [0.5, 0.6) is 0 Å². The first-order chi connectivity index (χ1) is 8.34. The molecule has 1 N–H and O–H groups in total. The maximum atomic E-state index is 3.53. The normalized spacial score (nSPS) is 24.5. The Bertz CT molecular complexity index is 342. The SMILES string of the molecule is CC1CCC(CNC/C=C/c2ccccc2)C1. The molecular formula is C16H23N. The van der Waals surface area contributed by atoms with E-state index in [4.69, 9.17) is 0 Å². The highest BCUT2D eigenvalue weighted by Crippen LogP contribution is 2.29. The molecule has 1 aromatic rings. The molecular weight excluding hydrogens is 206 g/mol. The fourth-order valence-corrected chi connectivity index (χ4v) is 2.64. The van der Waals surface area contributed by atoms with Gasteiger partial charge in [-0.25, -0.2) is 0 Å². The fraction of sp³-hybridized carbons (Fsp3) is 0.500. The summed E-state index contributed by atoms with van der Waals surface area (Å²) in [5, 5.41) is 3.53. The Morgan fingerprint density at radius 1 is 1.24 bits per heavy atom. The quantitative estimate of drug-likeness (QED) is 0.759. The lowest BCUT2D eigenvalue weighted by Gasteiger charge is -2.09. The van der Waals surface area contributed by atoms with Crippen molar-refractivity contribution in [2.75, 3.05) is 13.1 Å². The van der Waals surface area contributed by atoms with Crippen LogP contribution in [0.25, 0.3) is 6.08 Å². The molecule has 1 saturated carbocycles. The van der Waals surface area contributed by atoms with Crippen molar-refractivity contribution in [3.8, 4) is 0 Å². The Kier molecular flexibility index (Phi) is 4.81. The van der Waals surface area contributed by atoms with E-state index in [2.05, 4.69) is 54.7 Å². The molecule has 1 nitrogen and oxygen atoms in total. The average molecular weight is 229 g/mol. The highest BCUT2D eigenvalue weighted by Gasteiger charge is 2.20. The van der Waals surface area contributed by atoms with Gasteiger partial charge in [0.25, 0.3) is 0 Å². The zero-order chi connectivity index (χ0) is 11.9. The molecule has 0 aromatic heterocycles. The van der Waals surface area contributed by atoms with Crippen LogP contribution in [0.4, 0.5) is 0 Å². The van der Waals surface area contributed by atoms with Gasteiger partial charge in [-0.05, 0) is 36.8 Å². The van der Waals surface area contributed by atoms with Gasteiger partial charge in [0.2, 0.25) is 0 Å². The highest BCUT2D eigenvalue weighted by atomic mass is 14.8. The van der Waals surface area contributed by atoms with E-state index in [1.807, 2.05) is 0 Å². The van der Waals surface area contributed by atoms with Crippen molar-refractivity contribution in [1.82, 2.24) is 5.32 Å². The summed E-state index contributed by atoms with van der Waals surface area (Å²) >= 11 is 0. The molecule has 1 aliphatic rings. The van der Waals surface area contributed by atoms with E-state index in [0.29, 0.717) is 0 Å². The summed E-state index contributed by atoms with van der Waals surface area (Å²) in [5.41, 5.74) is 1.28. The van der Waals surface area contributed by atoms with Gasteiger partial charge >= 0.3 is 0 Å². The van der Waals surface area contributed by atoms with Crippen molar-refractivity contribution >= 4 is 6.08 Å². The number of rotatable bonds is 5. The smallest absolute Gasteiger partial charge is 0.0138 e. The lowest BCUT2D eigenvalue weighted by atomic mass is 10.1. The van der Waals surface area contributed by atoms with Crippen LogP contribution in [0.15, 0.2) is 36.4 Å². The average Bonchev–Trinajstić information content (AvgIpc) is 2.76. The molecule has 1 aliphatic carbocycles. The molecule has 2 rings (SSSR count). The lowest BCUT2D eigenvalue weighted by Crippen LogP contribution is -2.21. The molecule has 0 heterocycles. The first-order valence-corrected chi connectivity index (χ1v) is 6.77. The molecule has 1 fully saturated rings. The molecule has 0 spiro atoms. The van der Waals surface area contributed by atoms with E-state index in [1.165, 1.54) is 31.4 Å². The van der Waals surface area contributed by atoms with Crippen LogP contribution in [-0.2, 0) is 0 Å². The molecule has 2 atom stereocenters. The molecule has 1 aromatic carbocycles. The molecule has 0 amide bonds. The van der Waals surface area contributed by atoms with Gasteiger partial charge in [0.05, 0.1) is 0 Å². The van der Waals surface area contributed by atoms with Gasteiger partial charge in [0.1, 0.15) is 0 Å². The predicted molar refractivity (Wildman–Crippen MR) is 74.9 cm³/mol. The monoisotopic (exact) mass is 229 g/mol. The Balaban J connectivity index is 1.62. The van der Waals surface area contributed by atoms with E-state index in [0.717, 1.165) is 18.4 Å². The maximum absolute atomic E-state index is 3.53. The van der Waals surface area contributed by atoms with Gasteiger partial charge in [-0.3, -0.25) is 0 Å². The first-order valence-electron chi connectivity index (χ1n) is 6.77. The molecule has 17 heavy (non-hydrogen) atoms. The van der Waals surface area contributed by atoms with E-state index >= 15 is 0 Å². The third kappa shape index (κ3) is 4.35. The van der Waals surface area contributed by atoms with Gasteiger partial charge in [-0.2, -0.15) is 0 Å². The zero-order valence-electron chi connectivity index (χ0n) is 10.7. The van der Waals surface area contributed by atoms with Gasteiger partial charge in [-0.1, -0.05) is 55.8 Å². The highest BCUT2D eigenvalue weighted by molar-refractivity contribution is 5.48. The van der Waals surface area contributed by atoms with E-state index in [1.54, 1.807) is 0 Å². The summed E-state index contributed by atoms with van der Waals surface area (Å²) in [6, 6.07) is 10.5. The van der Waals surface area contributed by atoms with Crippen LogP contribution in [-0.4, -0.2) is 13.1 Å². The maximum Gasteiger partial charge on any atom is 0.0138 e. The van der Waals surface area contributed by atoms with Crippen LogP contribution in [0.2, 0.25) is 0 Å². The second kappa shape index (κ2) is 6.61. The second-order valence-electron chi connectivity index (χ2n) is 5.26. The van der Waals surface area contributed by atoms with Gasteiger partial charge < -0.3 is 5.32 Å². The van der Waals surface area contributed by atoms with Crippen LogP contribution in [0.1, 0.15) is 31.7 Å². The third-order valence-electron chi connectivity index (χ3n) is 3.61. The largest absolute Gasteiger partial charge is 0.313 e.